The van der Waals surface area contributed by atoms with E-state index in [-0.39, 0.29) is 11.8 Å². The number of para-hydroxylation sites is 2. The first-order valence-corrected chi connectivity index (χ1v) is 15.1. The molecule has 0 bridgehead atoms. The van der Waals surface area contributed by atoms with Crippen molar-refractivity contribution in [1.29, 1.82) is 0 Å². The molecule has 4 aromatic carbocycles. The Bertz CT molecular complexity index is 2270. The Morgan fingerprint density at radius 1 is 0.614 bits per heavy atom. The number of fused-ring (bicyclic) bond motifs is 8. The quantitative estimate of drug-likeness (QED) is 0.214. The second-order valence-corrected chi connectivity index (χ2v) is 11.6. The molecule has 1 aliphatic carbocycles. The lowest BCUT2D eigenvalue weighted by Crippen LogP contribution is -2.12. The van der Waals surface area contributed by atoms with Gasteiger partial charge in [-0.3, -0.25) is 4.57 Å². The molecule has 0 N–H and O–H groups in total. The Balaban J connectivity index is 1.36. The summed E-state index contributed by atoms with van der Waals surface area (Å²) in [5.74, 6) is 2.32. The molecule has 4 heterocycles. The molecular weight excluding hydrogens is 538 g/mol. The number of aromatic nitrogens is 4. The molecule has 210 valence electrons. The van der Waals surface area contributed by atoms with Crippen LogP contribution in [-0.2, 0) is 7.05 Å². The number of benzene rings is 4. The van der Waals surface area contributed by atoms with E-state index in [1.165, 1.54) is 33.3 Å². The molecule has 2 atom stereocenters. The van der Waals surface area contributed by atoms with Crippen LogP contribution in [0.1, 0.15) is 23.0 Å². The highest BCUT2D eigenvalue weighted by atomic mass is 15.2. The summed E-state index contributed by atoms with van der Waals surface area (Å²) >= 11 is 0. The van der Waals surface area contributed by atoms with Crippen LogP contribution >= 0.6 is 0 Å². The monoisotopic (exact) mass is 567 g/mol. The van der Waals surface area contributed by atoms with Gasteiger partial charge in [0, 0.05) is 65.2 Å². The van der Waals surface area contributed by atoms with Crippen LogP contribution < -0.4 is 4.90 Å². The first kappa shape index (κ1) is 24.9. The minimum absolute atomic E-state index is 0.222. The van der Waals surface area contributed by atoms with Crippen LogP contribution in [0.3, 0.4) is 0 Å². The van der Waals surface area contributed by atoms with Crippen molar-refractivity contribution in [2.24, 2.45) is 7.05 Å². The van der Waals surface area contributed by atoms with Crippen molar-refractivity contribution >= 4 is 38.9 Å². The Kier molecular flexibility index (Phi) is 5.47. The molecule has 0 radical (unpaired) electrons. The van der Waals surface area contributed by atoms with E-state index in [1.54, 1.807) is 0 Å². The number of hydrogen-bond acceptors (Lipinski definition) is 3. The SMILES string of the molecule is Cn1ccnc1-c1ccc2c(c1)N(c1ccc3c4ccccc4n(-c4ccccn4)c3c1)c1ccccc1C1C=CC=CC21. The van der Waals surface area contributed by atoms with Crippen molar-refractivity contribution in [3.63, 3.8) is 0 Å². The van der Waals surface area contributed by atoms with Crippen molar-refractivity contribution in [2.75, 3.05) is 4.90 Å². The smallest absolute Gasteiger partial charge is 0.139 e. The topological polar surface area (TPSA) is 38.9 Å². The molecule has 0 spiro atoms. The zero-order valence-electron chi connectivity index (χ0n) is 24.2. The average molecular weight is 568 g/mol. The molecular formula is C39H29N5. The van der Waals surface area contributed by atoms with E-state index < -0.39 is 0 Å². The first-order chi connectivity index (χ1) is 21.8. The number of anilines is 3. The van der Waals surface area contributed by atoms with Crippen molar-refractivity contribution < 1.29 is 0 Å². The van der Waals surface area contributed by atoms with Gasteiger partial charge in [0.2, 0.25) is 0 Å². The van der Waals surface area contributed by atoms with E-state index in [2.05, 4.69) is 142 Å². The van der Waals surface area contributed by atoms with Gasteiger partial charge in [-0.05, 0) is 53.6 Å². The molecule has 0 fully saturated rings. The number of rotatable bonds is 3. The van der Waals surface area contributed by atoms with Gasteiger partial charge in [0.05, 0.1) is 16.7 Å². The van der Waals surface area contributed by atoms with Gasteiger partial charge in [0.25, 0.3) is 0 Å². The molecule has 3 aromatic heterocycles. The van der Waals surface area contributed by atoms with E-state index in [0.29, 0.717) is 0 Å². The third kappa shape index (κ3) is 3.66. The first-order valence-electron chi connectivity index (χ1n) is 15.1. The summed E-state index contributed by atoms with van der Waals surface area (Å²) in [5.41, 5.74) is 9.46. The maximum absolute atomic E-state index is 4.77. The van der Waals surface area contributed by atoms with Crippen LogP contribution in [0.15, 0.2) is 146 Å². The summed E-state index contributed by atoms with van der Waals surface area (Å²) < 4.78 is 4.37. The highest BCUT2D eigenvalue weighted by molar-refractivity contribution is 6.10. The summed E-state index contributed by atoms with van der Waals surface area (Å²) in [7, 11) is 2.05. The minimum Gasteiger partial charge on any atom is -0.334 e. The molecule has 0 amide bonds. The second kappa shape index (κ2) is 9.68. The fourth-order valence-corrected chi connectivity index (χ4v) is 7.22. The van der Waals surface area contributed by atoms with Crippen molar-refractivity contribution in [2.45, 2.75) is 11.8 Å². The molecule has 7 aromatic rings. The molecule has 2 aliphatic rings. The number of aryl methyl sites for hydroxylation is 1. The maximum atomic E-state index is 4.77. The lowest BCUT2D eigenvalue weighted by molar-refractivity contribution is 0.739. The summed E-state index contributed by atoms with van der Waals surface area (Å²) in [6.45, 7) is 0. The zero-order chi connectivity index (χ0) is 29.2. The highest BCUT2D eigenvalue weighted by Crippen LogP contribution is 2.53. The van der Waals surface area contributed by atoms with Gasteiger partial charge in [0.1, 0.15) is 11.6 Å². The number of pyridine rings is 1. The summed E-state index contributed by atoms with van der Waals surface area (Å²) in [5, 5.41) is 2.43. The van der Waals surface area contributed by atoms with Crippen LogP contribution in [0.5, 0.6) is 0 Å². The summed E-state index contributed by atoms with van der Waals surface area (Å²) in [6.07, 6.45) is 14.8. The van der Waals surface area contributed by atoms with Crippen LogP contribution in [-0.4, -0.2) is 19.1 Å². The third-order valence-corrected chi connectivity index (χ3v) is 9.18. The van der Waals surface area contributed by atoms with E-state index in [0.717, 1.165) is 33.9 Å². The normalized spacial score (nSPS) is 17.0. The molecule has 0 saturated heterocycles. The molecule has 5 heteroatoms. The molecule has 2 unspecified atom stereocenters. The van der Waals surface area contributed by atoms with Gasteiger partial charge in [0.15, 0.2) is 0 Å². The van der Waals surface area contributed by atoms with E-state index >= 15 is 0 Å². The zero-order valence-corrected chi connectivity index (χ0v) is 24.2. The molecule has 0 saturated carbocycles. The Labute approximate surface area is 255 Å². The highest BCUT2D eigenvalue weighted by Gasteiger charge is 2.34. The van der Waals surface area contributed by atoms with Crippen LogP contribution in [0.2, 0.25) is 0 Å². The van der Waals surface area contributed by atoms with Gasteiger partial charge in [-0.25, -0.2) is 9.97 Å². The average Bonchev–Trinajstić information content (AvgIpc) is 3.63. The molecule has 1 aliphatic heterocycles. The number of hydrogen-bond donors (Lipinski definition) is 0. The van der Waals surface area contributed by atoms with Crippen LogP contribution in [0.25, 0.3) is 39.0 Å². The molecule has 9 rings (SSSR count). The summed E-state index contributed by atoms with van der Waals surface area (Å²) in [4.78, 5) is 11.9. The van der Waals surface area contributed by atoms with Crippen LogP contribution in [0, 0.1) is 0 Å². The Hall–Kier alpha value is -5.68. The fraction of sp³-hybridized carbons (Fsp3) is 0.0769. The van der Waals surface area contributed by atoms with Gasteiger partial charge < -0.3 is 9.47 Å². The van der Waals surface area contributed by atoms with Gasteiger partial charge >= 0.3 is 0 Å². The van der Waals surface area contributed by atoms with E-state index in [1.807, 2.05) is 24.7 Å². The number of imidazole rings is 1. The van der Waals surface area contributed by atoms with Crippen molar-refractivity contribution in [1.82, 2.24) is 19.1 Å². The second-order valence-electron chi connectivity index (χ2n) is 11.6. The van der Waals surface area contributed by atoms with E-state index in [9.17, 15) is 0 Å². The van der Waals surface area contributed by atoms with E-state index in [4.69, 9.17) is 9.97 Å². The Morgan fingerprint density at radius 2 is 1.39 bits per heavy atom. The number of allylic oxidation sites excluding steroid dienone is 4. The minimum atomic E-state index is 0.222. The maximum Gasteiger partial charge on any atom is 0.139 e. The standard InChI is InChI=1S/C39H29N5/c1-42-23-22-41-39(42)26-17-19-32-29-11-3-2-10-28(29)30-12-4-6-14-34(30)43(36(32)24-26)27-18-20-33-31-13-5-7-15-35(31)44(37(33)25-27)38-16-8-9-21-40-38/h2-25,28-29H,1H3. The molecule has 44 heavy (non-hydrogen) atoms. The van der Waals surface area contributed by atoms with Gasteiger partial charge in [-0.15, -0.1) is 0 Å². The largest absolute Gasteiger partial charge is 0.334 e. The van der Waals surface area contributed by atoms with Gasteiger partial charge in [-0.2, -0.15) is 0 Å². The third-order valence-electron chi connectivity index (χ3n) is 9.18. The van der Waals surface area contributed by atoms with Crippen LogP contribution in [0.4, 0.5) is 17.1 Å². The van der Waals surface area contributed by atoms with Crippen molar-refractivity contribution in [3.8, 4) is 17.2 Å². The lowest BCUT2D eigenvalue weighted by Gasteiger charge is -2.28. The molecule has 5 nitrogen and oxygen atoms in total. The number of nitrogens with zero attached hydrogens (tertiary/aromatic N) is 5. The van der Waals surface area contributed by atoms with Crippen molar-refractivity contribution in [3.05, 3.63) is 157 Å². The van der Waals surface area contributed by atoms with Gasteiger partial charge in [-0.1, -0.05) is 85.0 Å². The summed E-state index contributed by atoms with van der Waals surface area (Å²) in [6, 6.07) is 37.3. The predicted octanol–water partition coefficient (Wildman–Crippen LogP) is 9.36. The Morgan fingerprint density at radius 3 is 2.20 bits per heavy atom. The predicted molar refractivity (Wildman–Crippen MR) is 179 cm³/mol. The lowest BCUT2D eigenvalue weighted by atomic mass is 9.79. The fourth-order valence-electron chi connectivity index (χ4n) is 7.22.